The van der Waals surface area contributed by atoms with Crippen molar-refractivity contribution in [1.29, 1.82) is 0 Å². The van der Waals surface area contributed by atoms with Gasteiger partial charge in [0.15, 0.2) is 0 Å². The van der Waals surface area contributed by atoms with Gasteiger partial charge in [0.05, 0.1) is 5.75 Å². The lowest BCUT2D eigenvalue weighted by Crippen LogP contribution is -2.35. The second-order valence-corrected chi connectivity index (χ2v) is 6.91. The van der Waals surface area contributed by atoms with Crippen molar-refractivity contribution < 1.29 is 13.5 Å². The van der Waals surface area contributed by atoms with Crippen molar-refractivity contribution in [3.63, 3.8) is 0 Å². The monoisotopic (exact) mass is 251 g/mol. The molecule has 0 saturated heterocycles. The Balaban J connectivity index is 4.02. The standard InChI is InChI=1S/C11H25NO3S/c1-4-5-9-16(14,15)12-10-11(2,3)7-6-8-13/h12-13H,4-10H2,1-3H3. The fraction of sp³-hybridized carbons (Fsp3) is 1.00. The molecule has 0 aliphatic rings. The predicted molar refractivity (Wildman–Crippen MR) is 66.8 cm³/mol. The number of unbranched alkanes of at least 4 members (excludes halogenated alkanes) is 1. The molecule has 0 heterocycles. The van der Waals surface area contributed by atoms with Gasteiger partial charge in [-0.1, -0.05) is 27.2 Å². The van der Waals surface area contributed by atoms with E-state index in [0.717, 1.165) is 12.8 Å². The summed E-state index contributed by atoms with van der Waals surface area (Å²) >= 11 is 0. The Morgan fingerprint density at radius 3 is 2.38 bits per heavy atom. The van der Waals surface area contributed by atoms with E-state index in [1.165, 1.54) is 0 Å². The molecule has 0 rings (SSSR count). The normalized spacial score (nSPS) is 13.0. The molecule has 16 heavy (non-hydrogen) atoms. The largest absolute Gasteiger partial charge is 0.396 e. The Morgan fingerprint density at radius 1 is 1.25 bits per heavy atom. The Labute approximate surface area is 99.5 Å². The van der Waals surface area contributed by atoms with Crippen LogP contribution in [0.2, 0.25) is 0 Å². The number of nitrogens with one attached hydrogen (secondary N) is 1. The van der Waals surface area contributed by atoms with Gasteiger partial charge >= 0.3 is 0 Å². The lowest BCUT2D eigenvalue weighted by molar-refractivity contribution is 0.242. The highest BCUT2D eigenvalue weighted by atomic mass is 32.2. The molecule has 0 spiro atoms. The molecule has 0 atom stereocenters. The van der Waals surface area contributed by atoms with Gasteiger partial charge < -0.3 is 5.11 Å². The van der Waals surface area contributed by atoms with Crippen LogP contribution in [0.5, 0.6) is 0 Å². The van der Waals surface area contributed by atoms with Crippen LogP contribution < -0.4 is 4.72 Å². The molecule has 0 bridgehead atoms. The van der Waals surface area contributed by atoms with Crippen molar-refractivity contribution in [3.8, 4) is 0 Å². The van der Waals surface area contributed by atoms with Crippen molar-refractivity contribution in [2.24, 2.45) is 5.41 Å². The van der Waals surface area contributed by atoms with Crippen LogP contribution in [-0.4, -0.2) is 32.4 Å². The quantitative estimate of drug-likeness (QED) is 0.652. The maximum Gasteiger partial charge on any atom is 0.211 e. The molecule has 0 unspecified atom stereocenters. The van der Waals surface area contributed by atoms with E-state index >= 15 is 0 Å². The maximum atomic E-state index is 11.5. The Kier molecular flexibility index (Phi) is 7.19. The molecule has 4 nitrogen and oxygen atoms in total. The van der Waals surface area contributed by atoms with Crippen LogP contribution in [0.1, 0.15) is 46.5 Å². The first kappa shape index (κ1) is 15.9. The fourth-order valence-corrected chi connectivity index (χ4v) is 2.78. The summed E-state index contributed by atoms with van der Waals surface area (Å²) in [7, 11) is -3.11. The molecular weight excluding hydrogens is 226 g/mol. The predicted octanol–water partition coefficient (Wildman–Crippen LogP) is 1.50. The Bertz CT molecular complexity index is 273. The van der Waals surface area contributed by atoms with Gasteiger partial charge in [0, 0.05) is 13.2 Å². The topological polar surface area (TPSA) is 66.4 Å². The van der Waals surface area contributed by atoms with Crippen LogP contribution in [0, 0.1) is 5.41 Å². The third kappa shape index (κ3) is 8.07. The molecule has 0 fully saturated rings. The number of aliphatic hydroxyl groups excluding tert-OH is 1. The lowest BCUT2D eigenvalue weighted by Gasteiger charge is -2.24. The minimum Gasteiger partial charge on any atom is -0.396 e. The molecule has 0 saturated carbocycles. The van der Waals surface area contributed by atoms with Crippen LogP contribution in [-0.2, 0) is 10.0 Å². The molecule has 98 valence electrons. The van der Waals surface area contributed by atoms with E-state index in [4.69, 9.17) is 5.11 Å². The van der Waals surface area contributed by atoms with Crippen molar-refractivity contribution >= 4 is 10.0 Å². The summed E-state index contributed by atoms with van der Waals surface area (Å²) in [6, 6.07) is 0. The lowest BCUT2D eigenvalue weighted by atomic mass is 9.88. The van der Waals surface area contributed by atoms with Crippen molar-refractivity contribution in [3.05, 3.63) is 0 Å². The van der Waals surface area contributed by atoms with Gasteiger partial charge in [-0.15, -0.1) is 0 Å². The van der Waals surface area contributed by atoms with E-state index < -0.39 is 10.0 Å². The molecular formula is C11H25NO3S. The van der Waals surface area contributed by atoms with Crippen LogP contribution in [0.15, 0.2) is 0 Å². The molecule has 0 radical (unpaired) electrons. The summed E-state index contributed by atoms with van der Waals surface area (Å²) in [5, 5.41) is 8.74. The number of rotatable bonds is 9. The van der Waals surface area contributed by atoms with E-state index in [2.05, 4.69) is 4.72 Å². The van der Waals surface area contributed by atoms with Crippen LogP contribution in [0.25, 0.3) is 0 Å². The molecule has 0 aliphatic carbocycles. The van der Waals surface area contributed by atoms with Gasteiger partial charge in [-0.3, -0.25) is 0 Å². The smallest absolute Gasteiger partial charge is 0.211 e. The number of hydrogen-bond donors (Lipinski definition) is 2. The van der Waals surface area contributed by atoms with Crippen LogP contribution in [0.4, 0.5) is 0 Å². The molecule has 0 amide bonds. The molecule has 0 aliphatic heterocycles. The van der Waals surface area contributed by atoms with Crippen LogP contribution >= 0.6 is 0 Å². The second kappa shape index (κ2) is 7.25. The van der Waals surface area contributed by atoms with E-state index in [0.29, 0.717) is 19.4 Å². The average molecular weight is 251 g/mol. The first-order valence-corrected chi connectivity index (χ1v) is 7.56. The second-order valence-electron chi connectivity index (χ2n) is 4.98. The van der Waals surface area contributed by atoms with Gasteiger partial charge in [0.2, 0.25) is 10.0 Å². The fourth-order valence-electron chi connectivity index (χ4n) is 1.36. The summed E-state index contributed by atoms with van der Waals surface area (Å²) in [5.41, 5.74) is -0.0952. The van der Waals surface area contributed by atoms with Gasteiger partial charge in [-0.05, 0) is 24.7 Å². The minimum absolute atomic E-state index is 0.0952. The minimum atomic E-state index is -3.11. The molecule has 5 heteroatoms. The van der Waals surface area contributed by atoms with E-state index in [9.17, 15) is 8.42 Å². The maximum absolute atomic E-state index is 11.5. The highest BCUT2D eigenvalue weighted by molar-refractivity contribution is 7.89. The first-order chi connectivity index (χ1) is 7.33. The van der Waals surface area contributed by atoms with Gasteiger partial charge in [0.25, 0.3) is 0 Å². The third-order valence-corrected chi connectivity index (χ3v) is 3.96. The van der Waals surface area contributed by atoms with Gasteiger partial charge in [-0.2, -0.15) is 0 Å². The highest BCUT2D eigenvalue weighted by Gasteiger charge is 2.20. The molecule has 0 aromatic heterocycles. The SMILES string of the molecule is CCCCS(=O)(=O)NCC(C)(C)CCCO. The van der Waals surface area contributed by atoms with Crippen molar-refractivity contribution in [2.75, 3.05) is 18.9 Å². The average Bonchev–Trinajstić information content (AvgIpc) is 2.22. The summed E-state index contributed by atoms with van der Waals surface area (Å²) in [6.45, 7) is 6.59. The highest BCUT2D eigenvalue weighted by Crippen LogP contribution is 2.21. The zero-order chi connectivity index (χ0) is 12.7. The van der Waals surface area contributed by atoms with Crippen LogP contribution in [0.3, 0.4) is 0 Å². The zero-order valence-electron chi connectivity index (χ0n) is 10.6. The number of hydrogen-bond acceptors (Lipinski definition) is 3. The van der Waals surface area contributed by atoms with E-state index in [1.807, 2.05) is 20.8 Å². The van der Waals surface area contributed by atoms with Gasteiger partial charge in [0.1, 0.15) is 0 Å². The summed E-state index contributed by atoms with van der Waals surface area (Å²) in [6.07, 6.45) is 3.12. The summed E-state index contributed by atoms with van der Waals surface area (Å²) < 4.78 is 25.7. The first-order valence-electron chi connectivity index (χ1n) is 5.91. The molecule has 0 aromatic rings. The van der Waals surface area contributed by atoms with Gasteiger partial charge in [-0.25, -0.2) is 13.1 Å². The van der Waals surface area contributed by atoms with Crippen molar-refractivity contribution in [1.82, 2.24) is 4.72 Å². The summed E-state index contributed by atoms with van der Waals surface area (Å²) in [5.74, 6) is 0.208. The third-order valence-electron chi connectivity index (χ3n) is 2.55. The zero-order valence-corrected chi connectivity index (χ0v) is 11.4. The van der Waals surface area contributed by atoms with E-state index in [-0.39, 0.29) is 17.8 Å². The Morgan fingerprint density at radius 2 is 1.88 bits per heavy atom. The van der Waals surface area contributed by atoms with E-state index in [1.54, 1.807) is 0 Å². The molecule has 0 aromatic carbocycles. The Hall–Kier alpha value is -0.130. The number of sulfonamides is 1. The molecule has 2 N–H and O–H groups in total. The number of aliphatic hydroxyl groups is 1. The van der Waals surface area contributed by atoms with Crippen molar-refractivity contribution in [2.45, 2.75) is 46.5 Å². The summed E-state index contributed by atoms with van der Waals surface area (Å²) in [4.78, 5) is 0.